The van der Waals surface area contributed by atoms with Crippen LogP contribution in [0.4, 0.5) is 4.39 Å². The summed E-state index contributed by atoms with van der Waals surface area (Å²) in [6, 6.07) is 17.3. The highest BCUT2D eigenvalue weighted by Gasteiger charge is 2.34. The minimum Gasteiger partial charge on any atom is -0.330 e. The molecule has 1 aliphatic rings. The van der Waals surface area contributed by atoms with Gasteiger partial charge in [-0.2, -0.15) is 0 Å². The Morgan fingerprint density at radius 2 is 1.60 bits per heavy atom. The average molecular weight is 272 g/mol. The summed E-state index contributed by atoms with van der Waals surface area (Å²) in [5.41, 5.74) is 13.5. The smallest absolute Gasteiger partial charge is 0.123 e. The third-order valence-electron chi connectivity index (χ3n) is 3.41. The second-order valence-electron chi connectivity index (χ2n) is 5.08. The van der Waals surface area contributed by atoms with Crippen molar-refractivity contribution in [1.29, 1.82) is 0 Å². The van der Waals surface area contributed by atoms with Crippen molar-refractivity contribution in [2.24, 2.45) is 11.5 Å². The molecule has 3 heteroatoms. The monoisotopic (exact) mass is 272 g/mol. The summed E-state index contributed by atoms with van der Waals surface area (Å²) in [7, 11) is 0. The maximum Gasteiger partial charge on any atom is 0.123 e. The lowest BCUT2D eigenvalue weighted by molar-refractivity contribution is 0.627. The van der Waals surface area contributed by atoms with Gasteiger partial charge in [0.25, 0.3) is 0 Å². The molecule has 20 heavy (non-hydrogen) atoms. The first-order valence-electron chi connectivity index (χ1n) is 6.95. The standard InChI is InChI=1S/C9H11N.C8H10FN/c10-9-6-8(9)7-4-2-1-3-5-7;9-8-3-1-7(2-4-8)5-6-10/h1-5,8-9H,6,10H2;1-4H,5-6,10H2. The van der Waals surface area contributed by atoms with Gasteiger partial charge >= 0.3 is 0 Å². The summed E-state index contributed by atoms with van der Waals surface area (Å²) >= 11 is 0. The summed E-state index contributed by atoms with van der Waals surface area (Å²) < 4.78 is 12.3. The fraction of sp³-hybridized carbons (Fsp3) is 0.294. The maximum atomic E-state index is 12.3. The maximum absolute atomic E-state index is 12.3. The fourth-order valence-corrected chi connectivity index (χ4v) is 2.12. The van der Waals surface area contributed by atoms with Gasteiger partial charge in [0.05, 0.1) is 0 Å². The lowest BCUT2D eigenvalue weighted by atomic mass is 10.1. The number of hydrogen-bond donors (Lipinski definition) is 2. The van der Waals surface area contributed by atoms with Crippen molar-refractivity contribution >= 4 is 0 Å². The predicted molar refractivity (Wildman–Crippen MR) is 80.9 cm³/mol. The zero-order valence-electron chi connectivity index (χ0n) is 11.5. The first-order valence-corrected chi connectivity index (χ1v) is 6.95. The molecule has 0 amide bonds. The molecule has 2 nitrogen and oxygen atoms in total. The van der Waals surface area contributed by atoms with Crippen molar-refractivity contribution in [1.82, 2.24) is 0 Å². The second-order valence-corrected chi connectivity index (χ2v) is 5.08. The molecule has 1 saturated carbocycles. The third kappa shape index (κ3) is 4.44. The van der Waals surface area contributed by atoms with Crippen LogP contribution >= 0.6 is 0 Å². The number of rotatable bonds is 3. The second kappa shape index (κ2) is 7.17. The normalized spacial score (nSPS) is 19.9. The van der Waals surface area contributed by atoms with Crippen molar-refractivity contribution in [3.05, 3.63) is 71.5 Å². The summed E-state index contributed by atoms with van der Waals surface area (Å²) in [5.74, 6) is 0.460. The van der Waals surface area contributed by atoms with E-state index in [2.05, 4.69) is 24.3 Å². The minimum atomic E-state index is -0.194. The number of nitrogens with two attached hydrogens (primary N) is 2. The van der Waals surface area contributed by atoms with E-state index in [9.17, 15) is 4.39 Å². The SMILES string of the molecule is NC1CC1c1ccccc1.NCCc1ccc(F)cc1. The van der Waals surface area contributed by atoms with E-state index in [4.69, 9.17) is 11.5 Å². The Labute approximate surface area is 119 Å². The van der Waals surface area contributed by atoms with E-state index < -0.39 is 0 Å². The molecule has 106 valence electrons. The molecule has 0 aliphatic heterocycles. The molecule has 2 unspecified atom stereocenters. The molecule has 0 aromatic heterocycles. The topological polar surface area (TPSA) is 52.0 Å². The van der Waals surface area contributed by atoms with Crippen LogP contribution in [-0.4, -0.2) is 12.6 Å². The van der Waals surface area contributed by atoms with Crippen LogP contribution in [0.1, 0.15) is 23.5 Å². The summed E-state index contributed by atoms with van der Waals surface area (Å²) in [4.78, 5) is 0. The molecule has 3 rings (SSSR count). The van der Waals surface area contributed by atoms with Crippen LogP contribution in [0.25, 0.3) is 0 Å². The van der Waals surface area contributed by atoms with Gasteiger partial charge in [-0.1, -0.05) is 42.5 Å². The van der Waals surface area contributed by atoms with E-state index in [1.54, 1.807) is 12.1 Å². The molecular weight excluding hydrogens is 251 g/mol. The summed E-state index contributed by atoms with van der Waals surface area (Å²) in [6.07, 6.45) is 1.99. The molecule has 0 spiro atoms. The minimum absolute atomic E-state index is 0.194. The highest BCUT2D eigenvalue weighted by Crippen LogP contribution is 2.38. The van der Waals surface area contributed by atoms with Crippen LogP contribution < -0.4 is 11.5 Å². The first-order chi connectivity index (χ1) is 9.70. The molecule has 4 N–H and O–H groups in total. The van der Waals surface area contributed by atoms with Gasteiger partial charge in [-0.15, -0.1) is 0 Å². The van der Waals surface area contributed by atoms with Crippen molar-refractivity contribution in [2.45, 2.75) is 24.8 Å². The molecule has 0 heterocycles. The molecule has 2 aromatic carbocycles. The Hall–Kier alpha value is -1.71. The van der Waals surface area contributed by atoms with E-state index in [0.717, 1.165) is 12.0 Å². The summed E-state index contributed by atoms with van der Waals surface area (Å²) in [5, 5.41) is 0. The van der Waals surface area contributed by atoms with Crippen LogP contribution in [0.15, 0.2) is 54.6 Å². The van der Waals surface area contributed by atoms with Gasteiger partial charge in [-0.3, -0.25) is 0 Å². The van der Waals surface area contributed by atoms with E-state index in [1.807, 2.05) is 6.07 Å². The Bertz CT molecular complexity index is 510. The molecule has 0 bridgehead atoms. The van der Waals surface area contributed by atoms with E-state index in [0.29, 0.717) is 18.5 Å². The quantitative estimate of drug-likeness (QED) is 0.902. The number of benzene rings is 2. The predicted octanol–water partition coefficient (Wildman–Crippen LogP) is 2.83. The highest BCUT2D eigenvalue weighted by molar-refractivity contribution is 5.27. The molecule has 1 aliphatic carbocycles. The number of hydrogen-bond acceptors (Lipinski definition) is 2. The van der Waals surface area contributed by atoms with Crippen molar-refractivity contribution < 1.29 is 4.39 Å². The Morgan fingerprint density at radius 3 is 2.10 bits per heavy atom. The third-order valence-corrected chi connectivity index (χ3v) is 3.41. The van der Waals surface area contributed by atoms with Crippen LogP contribution in [0, 0.1) is 5.82 Å². The van der Waals surface area contributed by atoms with E-state index >= 15 is 0 Å². The molecule has 2 aromatic rings. The fourth-order valence-electron chi connectivity index (χ4n) is 2.12. The molecule has 0 saturated heterocycles. The Morgan fingerprint density at radius 1 is 1.00 bits per heavy atom. The zero-order chi connectivity index (χ0) is 14.4. The van der Waals surface area contributed by atoms with Crippen molar-refractivity contribution in [2.75, 3.05) is 6.54 Å². The van der Waals surface area contributed by atoms with Crippen LogP contribution in [0.2, 0.25) is 0 Å². The van der Waals surface area contributed by atoms with Gasteiger partial charge in [0.2, 0.25) is 0 Å². The zero-order valence-corrected chi connectivity index (χ0v) is 11.5. The first kappa shape index (κ1) is 14.7. The van der Waals surface area contributed by atoms with E-state index in [-0.39, 0.29) is 5.82 Å². The average Bonchev–Trinajstić information content (AvgIpc) is 3.21. The lowest BCUT2D eigenvalue weighted by Crippen LogP contribution is -2.02. The van der Waals surface area contributed by atoms with Crippen molar-refractivity contribution in [3.8, 4) is 0 Å². The number of halogens is 1. The van der Waals surface area contributed by atoms with Gasteiger partial charge in [0.15, 0.2) is 0 Å². The van der Waals surface area contributed by atoms with Crippen molar-refractivity contribution in [3.63, 3.8) is 0 Å². The molecule has 0 radical (unpaired) electrons. The lowest BCUT2D eigenvalue weighted by Gasteiger charge is -1.95. The highest BCUT2D eigenvalue weighted by atomic mass is 19.1. The summed E-state index contributed by atoms with van der Waals surface area (Å²) in [6.45, 7) is 0.617. The van der Waals surface area contributed by atoms with Gasteiger partial charge < -0.3 is 11.5 Å². The van der Waals surface area contributed by atoms with Gasteiger partial charge in [-0.25, -0.2) is 4.39 Å². The Balaban J connectivity index is 0.000000147. The van der Waals surface area contributed by atoms with Gasteiger partial charge in [0.1, 0.15) is 5.82 Å². The van der Waals surface area contributed by atoms with Gasteiger partial charge in [0, 0.05) is 12.0 Å². The van der Waals surface area contributed by atoms with Crippen LogP contribution in [-0.2, 0) is 6.42 Å². The van der Waals surface area contributed by atoms with Gasteiger partial charge in [-0.05, 0) is 42.6 Å². The molecular formula is C17H21FN2. The van der Waals surface area contributed by atoms with Crippen LogP contribution in [0.5, 0.6) is 0 Å². The molecule has 2 atom stereocenters. The van der Waals surface area contributed by atoms with Crippen LogP contribution in [0.3, 0.4) is 0 Å². The largest absolute Gasteiger partial charge is 0.330 e. The molecule has 1 fully saturated rings. The Kier molecular flexibility index (Phi) is 5.27. The van der Waals surface area contributed by atoms with E-state index in [1.165, 1.54) is 24.1 Å².